The fourth-order valence-corrected chi connectivity index (χ4v) is 13.0. The Bertz CT molecular complexity index is 1830. The molecule has 13 heteroatoms. The van der Waals surface area contributed by atoms with Gasteiger partial charge in [0, 0.05) is 41.7 Å². The van der Waals surface area contributed by atoms with Gasteiger partial charge >= 0.3 is 17.9 Å². The van der Waals surface area contributed by atoms with E-state index < -0.39 is 107 Å². The maximum atomic E-state index is 13.7. The standard InChI is InChI=1S/C44H58O13/c1-22(2)18-32(47)52-29-14-10-11-15-31(46)53-34-23(3)19-30-41(34,50)38(48)40(21-45)36(54-40)33-37-43(51,39(6,49)20-26-16-17-28(29)24(26)4)35-25(5)42(30,33)57-44(55-35,56-37)27-12-8-7-9-13-27/h7-15,22-26,28-30,33-38,45,48-51H,16-21H2,1-6H3/b14-10-,15-11-/t23-,24-,25+,26+,28-,29-,30+,33-,34-,35-,36-,37+,38+,39+,40-,41+,42-,43-,44?/m0/s1. The normalized spacial score (nSPS) is 54.4. The Labute approximate surface area is 333 Å². The average molecular weight is 795 g/mol. The second kappa shape index (κ2) is 13.1. The van der Waals surface area contributed by atoms with E-state index in [1.165, 1.54) is 12.2 Å². The molecule has 19 atom stereocenters. The van der Waals surface area contributed by atoms with Crippen LogP contribution in [0.15, 0.2) is 54.6 Å². The summed E-state index contributed by atoms with van der Waals surface area (Å²) in [7, 11) is 0. The second-order valence-electron chi connectivity index (χ2n) is 19.3. The van der Waals surface area contributed by atoms with E-state index in [0.717, 1.165) is 0 Å². The first-order chi connectivity index (χ1) is 26.9. The molecule has 1 unspecified atom stereocenters. The van der Waals surface area contributed by atoms with Gasteiger partial charge in [0.2, 0.25) is 0 Å². The molecule has 10 rings (SSSR count). The van der Waals surface area contributed by atoms with E-state index in [9.17, 15) is 35.1 Å². The van der Waals surface area contributed by atoms with Crippen molar-refractivity contribution < 1.29 is 63.5 Å². The third-order valence-electron chi connectivity index (χ3n) is 15.8. The molecule has 0 amide bonds. The molecule has 0 aromatic heterocycles. The number of aliphatic hydroxyl groups is 5. The lowest BCUT2D eigenvalue weighted by Gasteiger charge is -2.74. The Kier molecular flexibility index (Phi) is 9.16. The van der Waals surface area contributed by atoms with E-state index in [1.807, 2.05) is 45.9 Å². The van der Waals surface area contributed by atoms with Crippen molar-refractivity contribution in [3.8, 4) is 0 Å². The van der Waals surface area contributed by atoms with Crippen molar-refractivity contribution in [1.29, 1.82) is 0 Å². The van der Waals surface area contributed by atoms with Crippen molar-refractivity contribution in [2.75, 3.05) is 6.61 Å². The molecule has 57 heavy (non-hydrogen) atoms. The Morgan fingerprint density at radius 3 is 2.39 bits per heavy atom. The van der Waals surface area contributed by atoms with Gasteiger partial charge < -0.3 is 54.0 Å². The monoisotopic (exact) mass is 794 g/mol. The van der Waals surface area contributed by atoms with Crippen molar-refractivity contribution in [3.05, 3.63) is 60.2 Å². The van der Waals surface area contributed by atoms with Crippen LogP contribution in [0.25, 0.3) is 0 Å². The Morgan fingerprint density at radius 1 is 0.965 bits per heavy atom. The highest BCUT2D eigenvalue weighted by atomic mass is 16.9. The Morgan fingerprint density at radius 2 is 1.68 bits per heavy atom. The number of allylic oxidation sites excluding steroid dienone is 2. The highest BCUT2D eigenvalue weighted by Gasteiger charge is 2.91. The first-order valence-corrected chi connectivity index (χ1v) is 20.9. The molecule has 5 heterocycles. The number of rotatable bonds is 5. The number of ether oxygens (including phenoxy) is 6. The quantitative estimate of drug-likeness (QED) is 0.216. The lowest BCUT2D eigenvalue weighted by atomic mass is 9.49. The van der Waals surface area contributed by atoms with Gasteiger partial charge in [0.1, 0.15) is 53.4 Å². The van der Waals surface area contributed by atoms with Crippen LogP contribution in [0.3, 0.4) is 0 Å². The Balaban J connectivity index is 1.22. The maximum absolute atomic E-state index is 13.7. The molecule has 10 bridgehead atoms. The highest BCUT2D eigenvalue weighted by molar-refractivity contribution is 5.82. The lowest BCUT2D eigenvalue weighted by molar-refractivity contribution is -0.595. The van der Waals surface area contributed by atoms with E-state index in [-0.39, 0.29) is 48.9 Å². The van der Waals surface area contributed by atoms with Crippen LogP contribution in [-0.4, -0.2) is 109 Å². The van der Waals surface area contributed by atoms with Gasteiger partial charge in [0.25, 0.3) is 0 Å². The highest BCUT2D eigenvalue weighted by Crippen LogP contribution is 2.75. The Hall–Kier alpha value is -2.72. The van der Waals surface area contributed by atoms with Crippen molar-refractivity contribution in [1.82, 2.24) is 0 Å². The van der Waals surface area contributed by atoms with Crippen molar-refractivity contribution in [3.63, 3.8) is 0 Å². The zero-order valence-electron chi connectivity index (χ0n) is 33.5. The van der Waals surface area contributed by atoms with Crippen LogP contribution < -0.4 is 0 Å². The molecule has 1 spiro atoms. The van der Waals surface area contributed by atoms with Crippen LogP contribution in [0.4, 0.5) is 0 Å². The number of esters is 2. The summed E-state index contributed by atoms with van der Waals surface area (Å²) in [5.74, 6) is -6.33. The predicted octanol–water partition coefficient (Wildman–Crippen LogP) is 3.04. The summed E-state index contributed by atoms with van der Waals surface area (Å²) in [4.78, 5) is 26.7. The summed E-state index contributed by atoms with van der Waals surface area (Å²) < 4.78 is 39.5. The summed E-state index contributed by atoms with van der Waals surface area (Å²) in [6, 6.07) is 9.04. The molecule has 13 nitrogen and oxygen atoms in total. The lowest BCUT2D eigenvalue weighted by Crippen LogP contribution is -2.89. The molecule has 4 saturated carbocycles. The summed E-state index contributed by atoms with van der Waals surface area (Å²) in [6.45, 7) is 10.6. The van der Waals surface area contributed by atoms with Crippen molar-refractivity contribution in [2.45, 2.75) is 144 Å². The molecule has 9 aliphatic rings. The minimum Gasteiger partial charge on any atom is -0.458 e. The molecule has 312 valence electrons. The van der Waals surface area contributed by atoms with Gasteiger partial charge in [0.15, 0.2) is 0 Å². The van der Waals surface area contributed by atoms with E-state index in [4.69, 9.17) is 28.4 Å². The maximum Gasteiger partial charge on any atom is 0.331 e. The fourth-order valence-electron chi connectivity index (χ4n) is 13.0. The first-order valence-electron chi connectivity index (χ1n) is 20.9. The number of hydrogen-bond acceptors (Lipinski definition) is 13. The van der Waals surface area contributed by atoms with Crippen LogP contribution in [0.1, 0.15) is 79.2 Å². The molecule has 4 saturated heterocycles. The van der Waals surface area contributed by atoms with E-state index in [0.29, 0.717) is 18.4 Å². The number of fused-ring (bicyclic) bond motifs is 3. The van der Waals surface area contributed by atoms with E-state index in [1.54, 1.807) is 31.2 Å². The molecule has 4 aliphatic carbocycles. The predicted molar refractivity (Wildman–Crippen MR) is 200 cm³/mol. The van der Waals surface area contributed by atoms with E-state index in [2.05, 4.69) is 6.92 Å². The summed E-state index contributed by atoms with van der Waals surface area (Å²) in [5.41, 5.74) is -8.82. The number of aliphatic hydroxyl groups excluding tert-OH is 2. The third-order valence-corrected chi connectivity index (χ3v) is 15.8. The topological polar surface area (TPSA) is 194 Å². The molecule has 1 aromatic carbocycles. The summed E-state index contributed by atoms with van der Waals surface area (Å²) in [5, 5.41) is 63.3. The second-order valence-corrected chi connectivity index (χ2v) is 19.3. The number of carbonyl (C=O) groups excluding carboxylic acids is 2. The van der Waals surface area contributed by atoms with E-state index >= 15 is 0 Å². The zero-order chi connectivity index (χ0) is 40.7. The summed E-state index contributed by atoms with van der Waals surface area (Å²) >= 11 is 0. The van der Waals surface area contributed by atoms with Gasteiger partial charge in [-0.25, -0.2) is 4.79 Å². The van der Waals surface area contributed by atoms with Crippen molar-refractivity contribution >= 4 is 11.9 Å². The van der Waals surface area contributed by atoms with Gasteiger partial charge in [-0.15, -0.1) is 0 Å². The van der Waals surface area contributed by atoms with Gasteiger partial charge in [-0.3, -0.25) is 4.79 Å². The number of epoxide rings is 1. The molecule has 0 radical (unpaired) electrons. The summed E-state index contributed by atoms with van der Waals surface area (Å²) in [6.07, 6.45) is 1.15. The minimum atomic E-state index is -2.21. The van der Waals surface area contributed by atoms with Crippen molar-refractivity contribution in [2.24, 2.45) is 47.3 Å². The van der Waals surface area contributed by atoms with Crippen LogP contribution in [0.2, 0.25) is 0 Å². The van der Waals surface area contributed by atoms with Gasteiger partial charge in [-0.05, 0) is 62.4 Å². The number of hydrogen-bond donors (Lipinski definition) is 5. The fraction of sp³-hybridized carbons (Fsp3) is 0.727. The van der Waals surface area contributed by atoms with Gasteiger partial charge in [0.05, 0.1) is 17.8 Å². The largest absolute Gasteiger partial charge is 0.458 e. The molecule has 5 aliphatic heterocycles. The van der Waals surface area contributed by atoms with Gasteiger partial charge in [-0.2, -0.15) is 0 Å². The van der Waals surface area contributed by atoms with Crippen LogP contribution >= 0.6 is 0 Å². The first kappa shape index (κ1) is 39.7. The number of carbonyl (C=O) groups is 2. The SMILES string of the molecule is CC(C)CC(=O)O[C@H]1/C=C\C=C/C(=O)O[C@H]2[C@@H](C)C[C@@H]3[C@]2(O)[C@H](O)[C@@]2(CO)O[C@H]2[C@H]2[C@H]4OC5(c6ccccc6)O[C@@H]([C@@H](C)[C@@]23O5)[C@@]4(O)[C@](C)(O)C[C@H]2CC[C@H]1[C@H]2C. The van der Waals surface area contributed by atoms with Crippen LogP contribution in [0.5, 0.6) is 0 Å². The third kappa shape index (κ3) is 5.26. The average Bonchev–Trinajstić information content (AvgIpc) is 3.72. The zero-order valence-corrected chi connectivity index (χ0v) is 33.5. The van der Waals surface area contributed by atoms with Crippen LogP contribution in [-0.2, 0) is 44.0 Å². The van der Waals surface area contributed by atoms with Gasteiger partial charge in [-0.1, -0.05) is 77.1 Å². The van der Waals surface area contributed by atoms with Crippen LogP contribution in [0, 0.1) is 47.3 Å². The molecular formula is C44H58O13. The molecule has 5 N–H and O–H groups in total. The number of benzene rings is 1. The smallest absolute Gasteiger partial charge is 0.331 e. The molecular weight excluding hydrogens is 736 g/mol. The minimum absolute atomic E-state index is 0.0620. The molecule has 8 fully saturated rings. The molecule has 1 aromatic rings.